The van der Waals surface area contributed by atoms with Crippen molar-refractivity contribution < 1.29 is 48.3 Å². The molecule has 4 N–H and O–H groups in total. The first-order valence-corrected chi connectivity index (χ1v) is 12.2. The van der Waals surface area contributed by atoms with Gasteiger partial charge in [-0.05, 0) is 38.0 Å². The van der Waals surface area contributed by atoms with Gasteiger partial charge in [-0.1, -0.05) is 13.8 Å². The summed E-state index contributed by atoms with van der Waals surface area (Å²) in [4.78, 5) is 58.6. The Labute approximate surface area is 203 Å². The van der Waals surface area contributed by atoms with Crippen LogP contribution < -0.4 is 11.1 Å². The summed E-state index contributed by atoms with van der Waals surface area (Å²) in [6, 6.07) is -1.46. The van der Waals surface area contributed by atoms with E-state index in [9.17, 15) is 19.2 Å². The number of nitrogens with one attached hydrogen (secondary N) is 1. The molecule has 4 heterocycles. The number of carbonyl (C=O) groups excluding carboxylic acids is 3. The molecule has 2 bridgehead atoms. The summed E-state index contributed by atoms with van der Waals surface area (Å²) in [6.07, 6.45) is 0.584. The number of carbonyl (C=O) groups is 4. The normalized spacial score (nSPS) is 40.7. The second kappa shape index (κ2) is 9.64. The first-order chi connectivity index (χ1) is 16.4. The fourth-order valence-corrected chi connectivity index (χ4v) is 6.08. The highest BCUT2D eigenvalue weighted by Crippen LogP contribution is 2.60. The molecule has 0 aromatic heterocycles. The molecule has 9 atom stereocenters. The van der Waals surface area contributed by atoms with Crippen molar-refractivity contribution in [1.29, 1.82) is 0 Å². The number of esters is 1. The molecule has 5 aliphatic rings. The smallest absolute Gasteiger partial charge is 0.326 e. The summed E-state index contributed by atoms with van der Waals surface area (Å²) < 4.78 is 18.0. The van der Waals surface area contributed by atoms with Gasteiger partial charge in [-0.15, -0.1) is 0 Å². The van der Waals surface area contributed by atoms with E-state index in [0.29, 0.717) is 12.3 Å². The van der Waals surface area contributed by atoms with Crippen molar-refractivity contribution in [2.24, 2.45) is 29.4 Å². The molecule has 0 aromatic carbocycles. The molecule has 2 amide bonds. The van der Waals surface area contributed by atoms with Gasteiger partial charge in [0.05, 0.1) is 12.8 Å². The van der Waals surface area contributed by atoms with E-state index in [1.807, 2.05) is 6.92 Å². The standard InChI is InChI=1S/C23H34N2O10/c1-11-4-5-14-12(2)20(32-21-23(14)13(11)8-9-22(3,33-21)34-35-23)31-18(28)7-6-17(27)25-15(19(29)30)10-16(24)26/h11-15,20-21H,4-10H2,1-3H3,(H2,24,26)(H,25,27)(H,29,30)/t11-,12-,13+,14+,15+,20-,21-,22?,23?/m1/s1. The van der Waals surface area contributed by atoms with E-state index in [1.54, 1.807) is 6.92 Å². The third-order valence-corrected chi connectivity index (χ3v) is 7.94. The summed E-state index contributed by atoms with van der Waals surface area (Å²) in [5, 5.41) is 11.3. The molecule has 4 saturated heterocycles. The number of aliphatic carboxylic acids is 1. The van der Waals surface area contributed by atoms with Gasteiger partial charge in [0.1, 0.15) is 6.04 Å². The van der Waals surface area contributed by atoms with E-state index >= 15 is 0 Å². The number of ether oxygens (including phenoxy) is 3. The van der Waals surface area contributed by atoms with E-state index in [4.69, 9.17) is 34.8 Å². The lowest BCUT2D eigenvalue weighted by Gasteiger charge is -2.59. The zero-order valence-corrected chi connectivity index (χ0v) is 20.2. The van der Waals surface area contributed by atoms with Gasteiger partial charge < -0.3 is 30.4 Å². The Kier molecular flexibility index (Phi) is 7.11. The van der Waals surface area contributed by atoms with E-state index in [2.05, 4.69) is 12.2 Å². The minimum atomic E-state index is -1.46. The summed E-state index contributed by atoms with van der Waals surface area (Å²) >= 11 is 0. The number of carboxylic acids is 1. The van der Waals surface area contributed by atoms with Gasteiger partial charge in [-0.2, -0.15) is 0 Å². The fourth-order valence-electron chi connectivity index (χ4n) is 6.08. The van der Waals surface area contributed by atoms with Gasteiger partial charge in [0.25, 0.3) is 0 Å². The Hall–Kier alpha value is -2.28. The summed E-state index contributed by atoms with van der Waals surface area (Å²) in [7, 11) is 0. The Morgan fingerprint density at radius 2 is 1.86 bits per heavy atom. The Morgan fingerprint density at radius 1 is 1.11 bits per heavy atom. The number of primary amides is 1. The minimum absolute atomic E-state index is 0.0173. The van der Waals surface area contributed by atoms with Crippen molar-refractivity contribution in [3.63, 3.8) is 0 Å². The van der Waals surface area contributed by atoms with E-state index < -0.39 is 60.2 Å². The zero-order valence-electron chi connectivity index (χ0n) is 20.2. The van der Waals surface area contributed by atoms with Crippen molar-refractivity contribution in [3.8, 4) is 0 Å². The lowest BCUT2D eigenvalue weighted by atomic mass is 9.58. The Balaban J connectivity index is 1.38. The van der Waals surface area contributed by atoms with Crippen LogP contribution in [0, 0.1) is 23.7 Å². The van der Waals surface area contributed by atoms with Crippen LogP contribution in [0.25, 0.3) is 0 Å². The Morgan fingerprint density at radius 3 is 2.54 bits per heavy atom. The first-order valence-electron chi connectivity index (χ1n) is 12.2. The molecule has 4 aliphatic heterocycles. The molecule has 1 spiro atoms. The molecular formula is C23H34N2O10. The molecule has 5 rings (SSSR count). The Bertz CT molecular complexity index is 882. The highest BCUT2D eigenvalue weighted by Gasteiger charge is 2.69. The van der Waals surface area contributed by atoms with Crippen LogP contribution >= 0.6 is 0 Å². The van der Waals surface area contributed by atoms with Gasteiger partial charge >= 0.3 is 11.9 Å². The number of hydrogen-bond donors (Lipinski definition) is 3. The van der Waals surface area contributed by atoms with E-state index in [0.717, 1.165) is 19.3 Å². The van der Waals surface area contributed by atoms with Crippen LogP contribution in [0.2, 0.25) is 0 Å². The van der Waals surface area contributed by atoms with Crippen LogP contribution in [0.4, 0.5) is 0 Å². The maximum atomic E-state index is 12.6. The van der Waals surface area contributed by atoms with Gasteiger partial charge in [0, 0.05) is 24.7 Å². The second-order valence-corrected chi connectivity index (χ2v) is 10.4. The number of hydrogen-bond acceptors (Lipinski definition) is 9. The zero-order chi connectivity index (χ0) is 25.5. The molecule has 35 heavy (non-hydrogen) atoms. The largest absolute Gasteiger partial charge is 0.480 e. The number of fused-ring (bicyclic) bond motifs is 2. The number of rotatable bonds is 8. The molecule has 12 heteroatoms. The molecule has 5 fully saturated rings. The highest BCUT2D eigenvalue weighted by molar-refractivity contribution is 5.89. The lowest BCUT2D eigenvalue weighted by Crippen LogP contribution is -2.70. The van der Waals surface area contributed by atoms with Crippen LogP contribution in [-0.2, 0) is 43.2 Å². The predicted molar refractivity (Wildman–Crippen MR) is 116 cm³/mol. The fraction of sp³-hybridized carbons (Fsp3) is 0.826. The number of carboxylic acid groups (broad SMARTS) is 1. The molecule has 2 unspecified atom stereocenters. The molecule has 12 nitrogen and oxygen atoms in total. The number of nitrogens with two attached hydrogens (primary N) is 1. The van der Waals surface area contributed by atoms with Crippen LogP contribution in [0.1, 0.15) is 65.7 Å². The van der Waals surface area contributed by atoms with Crippen LogP contribution in [-0.4, -0.2) is 58.9 Å². The topological polar surface area (TPSA) is 173 Å². The quantitative estimate of drug-likeness (QED) is 0.323. The average molecular weight is 499 g/mol. The van der Waals surface area contributed by atoms with Gasteiger partial charge in [0.2, 0.25) is 23.9 Å². The van der Waals surface area contributed by atoms with Crippen molar-refractivity contribution in [3.05, 3.63) is 0 Å². The van der Waals surface area contributed by atoms with Gasteiger partial charge in [0.15, 0.2) is 11.9 Å². The molecule has 0 radical (unpaired) electrons. The lowest BCUT2D eigenvalue weighted by molar-refractivity contribution is -0.576. The second-order valence-electron chi connectivity index (χ2n) is 10.4. The molecule has 1 aliphatic carbocycles. The summed E-state index contributed by atoms with van der Waals surface area (Å²) in [5.41, 5.74) is 4.23. The SMILES string of the molecule is C[C@H]1[C@H](OC(=O)CCC(=O)N[C@@H](CC(N)=O)C(=O)O)O[C@@H]2OC3(C)CC[C@H]4[C@H](C)CC[C@@H]1C24OO3. The maximum Gasteiger partial charge on any atom is 0.326 e. The average Bonchev–Trinajstić information content (AvgIpc) is 3.01. The highest BCUT2D eigenvalue weighted by atomic mass is 17.3. The van der Waals surface area contributed by atoms with Gasteiger partial charge in [-0.25, -0.2) is 14.6 Å². The van der Waals surface area contributed by atoms with Crippen molar-refractivity contribution in [2.75, 3.05) is 0 Å². The van der Waals surface area contributed by atoms with E-state index in [-0.39, 0.29) is 30.6 Å². The summed E-state index contributed by atoms with van der Waals surface area (Å²) in [5.74, 6) is -4.23. The third kappa shape index (κ3) is 4.89. The van der Waals surface area contributed by atoms with Crippen molar-refractivity contribution in [1.82, 2.24) is 5.32 Å². The predicted octanol–water partition coefficient (Wildman–Crippen LogP) is 0.963. The minimum Gasteiger partial charge on any atom is -0.480 e. The van der Waals surface area contributed by atoms with Crippen LogP contribution in [0.5, 0.6) is 0 Å². The number of amides is 2. The maximum absolute atomic E-state index is 12.6. The van der Waals surface area contributed by atoms with Crippen molar-refractivity contribution in [2.45, 2.75) is 95.7 Å². The molecule has 0 aromatic rings. The van der Waals surface area contributed by atoms with Gasteiger partial charge in [-0.3, -0.25) is 14.4 Å². The monoisotopic (exact) mass is 498 g/mol. The molecular weight excluding hydrogens is 464 g/mol. The van der Waals surface area contributed by atoms with Crippen molar-refractivity contribution >= 4 is 23.8 Å². The van der Waals surface area contributed by atoms with Crippen LogP contribution in [0.15, 0.2) is 0 Å². The third-order valence-electron chi connectivity index (χ3n) is 7.94. The van der Waals surface area contributed by atoms with Crippen LogP contribution in [0.3, 0.4) is 0 Å². The summed E-state index contributed by atoms with van der Waals surface area (Å²) in [6.45, 7) is 5.95. The van der Waals surface area contributed by atoms with E-state index in [1.165, 1.54) is 0 Å². The first kappa shape index (κ1) is 25.8. The molecule has 196 valence electrons. The molecule has 1 saturated carbocycles.